The molecule has 1 aromatic heterocycles. The number of amides is 2. The molecule has 6 heteroatoms. The Bertz CT molecular complexity index is 490. The van der Waals surface area contributed by atoms with Crippen molar-refractivity contribution in [1.29, 1.82) is 0 Å². The molecule has 110 valence electrons. The van der Waals surface area contributed by atoms with Crippen LogP contribution in [0.4, 0.5) is 0 Å². The van der Waals surface area contributed by atoms with Crippen LogP contribution in [-0.2, 0) is 11.2 Å². The van der Waals surface area contributed by atoms with Crippen LogP contribution in [0.3, 0.4) is 0 Å². The molecule has 0 aromatic carbocycles. The first-order valence-electron chi connectivity index (χ1n) is 7.18. The summed E-state index contributed by atoms with van der Waals surface area (Å²) >= 11 is 0. The second-order valence-electron chi connectivity index (χ2n) is 5.19. The zero-order valence-electron chi connectivity index (χ0n) is 12.0. The molecule has 1 heterocycles. The number of rotatable bonds is 3. The summed E-state index contributed by atoms with van der Waals surface area (Å²) < 4.78 is 5.01. The Kier molecular flexibility index (Phi) is 4.76. The summed E-state index contributed by atoms with van der Waals surface area (Å²) in [5.41, 5.74) is 5.99. The molecule has 0 spiro atoms. The standard InChI is InChI=1S/C14H21N3O3/c1-3-11-12(9(2)20-17-11)14(19)16-15-13(18)10-7-5-4-6-8-10/h10H,3-8H2,1-2H3,(H,15,18)(H,16,19). The molecular formula is C14H21N3O3. The Balaban J connectivity index is 1.91. The predicted octanol–water partition coefficient (Wildman–Crippen LogP) is 1.89. The normalized spacial score (nSPS) is 15.9. The molecule has 2 N–H and O–H groups in total. The fourth-order valence-electron chi connectivity index (χ4n) is 2.60. The monoisotopic (exact) mass is 279 g/mol. The van der Waals surface area contributed by atoms with Crippen LogP contribution in [-0.4, -0.2) is 17.0 Å². The van der Waals surface area contributed by atoms with Crippen molar-refractivity contribution in [3.63, 3.8) is 0 Å². The van der Waals surface area contributed by atoms with E-state index < -0.39 is 0 Å². The highest BCUT2D eigenvalue weighted by Gasteiger charge is 2.23. The van der Waals surface area contributed by atoms with Gasteiger partial charge in [-0.15, -0.1) is 0 Å². The van der Waals surface area contributed by atoms with Crippen LogP contribution in [0.15, 0.2) is 4.52 Å². The molecule has 0 atom stereocenters. The molecule has 1 aromatic rings. The van der Waals surface area contributed by atoms with Crippen molar-refractivity contribution >= 4 is 11.8 Å². The number of hydrogen-bond donors (Lipinski definition) is 2. The van der Waals surface area contributed by atoms with Gasteiger partial charge in [-0.2, -0.15) is 0 Å². The van der Waals surface area contributed by atoms with Gasteiger partial charge in [0.05, 0.1) is 5.69 Å². The highest BCUT2D eigenvalue weighted by atomic mass is 16.5. The number of carbonyl (C=O) groups is 2. The third-order valence-corrected chi connectivity index (χ3v) is 3.77. The average molecular weight is 279 g/mol. The van der Waals surface area contributed by atoms with E-state index in [-0.39, 0.29) is 17.7 Å². The third kappa shape index (κ3) is 3.18. The molecule has 2 amide bonds. The van der Waals surface area contributed by atoms with Crippen LogP contribution in [0.1, 0.15) is 60.8 Å². The van der Waals surface area contributed by atoms with Crippen molar-refractivity contribution in [2.45, 2.75) is 52.4 Å². The highest BCUT2D eigenvalue weighted by molar-refractivity contribution is 5.97. The van der Waals surface area contributed by atoms with Crippen LogP contribution >= 0.6 is 0 Å². The van der Waals surface area contributed by atoms with Gasteiger partial charge in [0.15, 0.2) is 0 Å². The first-order valence-corrected chi connectivity index (χ1v) is 7.18. The van der Waals surface area contributed by atoms with E-state index in [1.807, 2.05) is 6.92 Å². The zero-order valence-corrected chi connectivity index (χ0v) is 12.0. The molecule has 0 radical (unpaired) electrons. The highest BCUT2D eigenvalue weighted by Crippen LogP contribution is 2.23. The smallest absolute Gasteiger partial charge is 0.275 e. The minimum atomic E-state index is -0.371. The lowest BCUT2D eigenvalue weighted by molar-refractivity contribution is -0.126. The predicted molar refractivity (Wildman–Crippen MR) is 72.8 cm³/mol. The molecule has 1 aliphatic rings. The van der Waals surface area contributed by atoms with Gasteiger partial charge in [-0.1, -0.05) is 31.3 Å². The van der Waals surface area contributed by atoms with Gasteiger partial charge in [0, 0.05) is 5.92 Å². The molecule has 0 unspecified atom stereocenters. The first-order chi connectivity index (χ1) is 9.63. The van der Waals surface area contributed by atoms with Gasteiger partial charge in [-0.3, -0.25) is 20.4 Å². The summed E-state index contributed by atoms with van der Waals surface area (Å²) in [7, 11) is 0. The molecule has 1 aliphatic carbocycles. The van der Waals surface area contributed by atoms with Gasteiger partial charge in [0.1, 0.15) is 11.3 Å². The van der Waals surface area contributed by atoms with Crippen molar-refractivity contribution in [3.8, 4) is 0 Å². The van der Waals surface area contributed by atoms with Crippen LogP contribution in [0.5, 0.6) is 0 Å². The minimum absolute atomic E-state index is 0.0123. The number of nitrogens with one attached hydrogen (secondary N) is 2. The van der Waals surface area contributed by atoms with Gasteiger partial charge in [0.25, 0.3) is 5.91 Å². The van der Waals surface area contributed by atoms with Crippen molar-refractivity contribution in [3.05, 3.63) is 17.0 Å². The summed E-state index contributed by atoms with van der Waals surface area (Å²) in [4.78, 5) is 24.0. The van der Waals surface area contributed by atoms with E-state index in [1.54, 1.807) is 6.92 Å². The van der Waals surface area contributed by atoms with Crippen LogP contribution < -0.4 is 10.9 Å². The Morgan fingerprint density at radius 1 is 1.25 bits per heavy atom. The number of hydrazine groups is 1. The van der Waals surface area contributed by atoms with Crippen molar-refractivity contribution < 1.29 is 14.1 Å². The Morgan fingerprint density at radius 3 is 2.60 bits per heavy atom. The quantitative estimate of drug-likeness (QED) is 0.827. The number of carbonyl (C=O) groups excluding carboxylic acids is 2. The topological polar surface area (TPSA) is 84.2 Å². The molecule has 2 rings (SSSR count). The largest absolute Gasteiger partial charge is 0.361 e. The van der Waals surface area contributed by atoms with Crippen molar-refractivity contribution in [2.75, 3.05) is 0 Å². The summed E-state index contributed by atoms with van der Waals surface area (Å²) in [5, 5.41) is 3.82. The summed E-state index contributed by atoms with van der Waals surface area (Å²) in [6.45, 7) is 3.58. The minimum Gasteiger partial charge on any atom is -0.361 e. The number of aryl methyl sites for hydroxylation is 2. The molecule has 1 saturated carbocycles. The lowest BCUT2D eigenvalue weighted by atomic mass is 9.89. The van der Waals surface area contributed by atoms with E-state index in [9.17, 15) is 9.59 Å². The SMILES string of the molecule is CCc1noc(C)c1C(=O)NNC(=O)C1CCCCC1. The Labute approximate surface area is 118 Å². The van der Waals surface area contributed by atoms with E-state index in [4.69, 9.17) is 4.52 Å². The van der Waals surface area contributed by atoms with Gasteiger partial charge >= 0.3 is 0 Å². The number of nitrogens with zero attached hydrogens (tertiary/aromatic N) is 1. The second-order valence-corrected chi connectivity index (χ2v) is 5.19. The maximum absolute atomic E-state index is 12.1. The average Bonchev–Trinajstić information content (AvgIpc) is 2.86. The van der Waals surface area contributed by atoms with E-state index >= 15 is 0 Å². The fraction of sp³-hybridized carbons (Fsp3) is 0.643. The van der Waals surface area contributed by atoms with E-state index in [0.717, 1.165) is 25.7 Å². The maximum atomic E-state index is 12.1. The van der Waals surface area contributed by atoms with Crippen molar-refractivity contribution in [2.24, 2.45) is 5.92 Å². The lowest BCUT2D eigenvalue weighted by Gasteiger charge is -2.20. The third-order valence-electron chi connectivity index (χ3n) is 3.77. The number of aromatic nitrogens is 1. The molecule has 1 fully saturated rings. The van der Waals surface area contributed by atoms with Crippen LogP contribution in [0.25, 0.3) is 0 Å². The summed E-state index contributed by atoms with van der Waals surface area (Å²) in [6, 6.07) is 0. The van der Waals surface area contributed by atoms with Crippen LogP contribution in [0, 0.1) is 12.8 Å². The van der Waals surface area contributed by atoms with Crippen molar-refractivity contribution in [1.82, 2.24) is 16.0 Å². The zero-order chi connectivity index (χ0) is 14.5. The van der Waals surface area contributed by atoms with E-state index in [0.29, 0.717) is 23.4 Å². The summed E-state index contributed by atoms with van der Waals surface area (Å²) in [5.74, 6) is -0.000465. The first kappa shape index (κ1) is 14.6. The Morgan fingerprint density at radius 2 is 1.95 bits per heavy atom. The Hall–Kier alpha value is -1.85. The maximum Gasteiger partial charge on any atom is 0.275 e. The second kappa shape index (κ2) is 6.54. The molecule has 0 aliphatic heterocycles. The van der Waals surface area contributed by atoms with Gasteiger partial charge in [0.2, 0.25) is 5.91 Å². The van der Waals surface area contributed by atoms with E-state index in [1.165, 1.54) is 6.42 Å². The van der Waals surface area contributed by atoms with Gasteiger partial charge in [-0.25, -0.2) is 0 Å². The molecular weight excluding hydrogens is 258 g/mol. The van der Waals surface area contributed by atoms with E-state index in [2.05, 4.69) is 16.0 Å². The van der Waals surface area contributed by atoms with Gasteiger partial charge < -0.3 is 4.52 Å². The van der Waals surface area contributed by atoms with Crippen LogP contribution in [0.2, 0.25) is 0 Å². The molecule has 0 saturated heterocycles. The fourth-order valence-corrected chi connectivity index (χ4v) is 2.60. The lowest BCUT2D eigenvalue weighted by Crippen LogP contribution is -2.45. The molecule has 6 nitrogen and oxygen atoms in total. The molecule has 20 heavy (non-hydrogen) atoms. The molecule has 0 bridgehead atoms. The summed E-state index contributed by atoms with van der Waals surface area (Å²) in [6.07, 6.45) is 5.75. The number of hydrogen-bond acceptors (Lipinski definition) is 4. The van der Waals surface area contributed by atoms with Gasteiger partial charge in [-0.05, 0) is 26.2 Å².